The van der Waals surface area contributed by atoms with Gasteiger partial charge in [0, 0.05) is 12.8 Å². The molecule has 0 aliphatic carbocycles. The van der Waals surface area contributed by atoms with Crippen LogP contribution in [-0.4, -0.2) is 56.0 Å². The third-order valence-corrected chi connectivity index (χ3v) is 3.97. The predicted molar refractivity (Wildman–Crippen MR) is 94.9 cm³/mol. The molecule has 0 bridgehead atoms. The van der Waals surface area contributed by atoms with Gasteiger partial charge >= 0.3 is 11.9 Å². The van der Waals surface area contributed by atoms with Crippen LogP contribution >= 0.6 is 0 Å². The van der Waals surface area contributed by atoms with Crippen molar-refractivity contribution in [1.29, 1.82) is 0 Å². The molecular weight excluding hydrogens is 358 g/mol. The number of amides is 3. The lowest BCUT2D eigenvalue weighted by molar-refractivity contribution is -0.162. The molecule has 0 aromatic carbocycles. The standard InChI is InChI=1S/C17H29N3O7/c1-8(2)7-11(19-10(4)21)15(23)20-13(14(18)22)9(3)12(16(24)26-5)17(25)27-6/h8-9,11-13H,7H2,1-6H3,(H2,18,22)(H,19,21)(H,20,23)/t9-,11+,13+/m1/s1. The second kappa shape index (κ2) is 11.1. The van der Waals surface area contributed by atoms with Gasteiger partial charge in [-0.15, -0.1) is 0 Å². The molecule has 0 unspecified atom stereocenters. The van der Waals surface area contributed by atoms with Crippen molar-refractivity contribution in [3.05, 3.63) is 0 Å². The van der Waals surface area contributed by atoms with E-state index in [0.29, 0.717) is 6.42 Å². The predicted octanol–water partition coefficient (Wildman–Crippen LogP) is -0.894. The van der Waals surface area contributed by atoms with Crippen LogP contribution in [0.25, 0.3) is 0 Å². The largest absolute Gasteiger partial charge is 0.468 e. The van der Waals surface area contributed by atoms with Crippen LogP contribution in [0.15, 0.2) is 0 Å². The average molecular weight is 387 g/mol. The summed E-state index contributed by atoms with van der Waals surface area (Å²) in [4.78, 5) is 59.7. The van der Waals surface area contributed by atoms with Crippen molar-refractivity contribution in [2.24, 2.45) is 23.5 Å². The molecule has 0 heterocycles. The third kappa shape index (κ3) is 7.63. The number of carbonyl (C=O) groups excluding carboxylic acids is 5. The summed E-state index contributed by atoms with van der Waals surface area (Å²) >= 11 is 0. The monoisotopic (exact) mass is 387 g/mol. The van der Waals surface area contributed by atoms with Crippen molar-refractivity contribution in [1.82, 2.24) is 10.6 Å². The highest BCUT2D eigenvalue weighted by molar-refractivity contribution is 5.97. The summed E-state index contributed by atoms with van der Waals surface area (Å²) < 4.78 is 9.16. The van der Waals surface area contributed by atoms with Gasteiger partial charge in [0.15, 0.2) is 5.92 Å². The molecule has 3 amide bonds. The van der Waals surface area contributed by atoms with Crippen LogP contribution in [0, 0.1) is 17.8 Å². The van der Waals surface area contributed by atoms with Crippen molar-refractivity contribution in [2.45, 2.75) is 46.2 Å². The summed E-state index contributed by atoms with van der Waals surface area (Å²) in [5.74, 6) is -6.27. The molecule has 4 N–H and O–H groups in total. The topological polar surface area (TPSA) is 154 Å². The van der Waals surface area contributed by atoms with Crippen molar-refractivity contribution >= 4 is 29.7 Å². The Morgan fingerprint density at radius 1 is 0.926 bits per heavy atom. The van der Waals surface area contributed by atoms with E-state index in [1.807, 2.05) is 13.8 Å². The first-order valence-electron chi connectivity index (χ1n) is 8.48. The summed E-state index contributed by atoms with van der Waals surface area (Å²) in [6.07, 6.45) is 0.322. The fourth-order valence-corrected chi connectivity index (χ4v) is 2.64. The van der Waals surface area contributed by atoms with E-state index in [2.05, 4.69) is 20.1 Å². The SMILES string of the molecule is COC(=O)C(C(=O)OC)[C@@H](C)[C@H](NC(=O)[C@H](CC(C)C)NC(C)=O)C(N)=O. The minimum absolute atomic E-state index is 0.0786. The molecule has 0 aromatic rings. The van der Waals surface area contributed by atoms with Gasteiger partial charge in [-0.05, 0) is 12.3 Å². The lowest BCUT2D eigenvalue weighted by atomic mass is 9.86. The maximum Gasteiger partial charge on any atom is 0.320 e. The van der Waals surface area contributed by atoms with E-state index < -0.39 is 53.6 Å². The Kier molecular flexibility index (Phi) is 10.1. The molecule has 0 aliphatic rings. The van der Waals surface area contributed by atoms with Crippen LogP contribution in [0.3, 0.4) is 0 Å². The number of rotatable bonds is 10. The molecule has 0 aliphatic heterocycles. The van der Waals surface area contributed by atoms with Gasteiger partial charge in [-0.3, -0.25) is 24.0 Å². The summed E-state index contributed by atoms with van der Waals surface area (Å²) in [6, 6.07) is -2.25. The van der Waals surface area contributed by atoms with Crippen molar-refractivity contribution in [3.8, 4) is 0 Å². The van der Waals surface area contributed by atoms with E-state index >= 15 is 0 Å². The average Bonchev–Trinajstić information content (AvgIpc) is 2.57. The van der Waals surface area contributed by atoms with E-state index in [-0.39, 0.29) is 5.92 Å². The van der Waals surface area contributed by atoms with Gasteiger partial charge < -0.3 is 25.8 Å². The quantitative estimate of drug-likeness (QED) is 0.324. The normalized spacial score (nSPS) is 14.1. The highest BCUT2D eigenvalue weighted by Crippen LogP contribution is 2.20. The Labute approximate surface area is 158 Å². The van der Waals surface area contributed by atoms with Crippen LogP contribution in [0.5, 0.6) is 0 Å². The van der Waals surface area contributed by atoms with Gasteiger partial charge in [0.1, 0.15) is 12.1 Å². The first-order chi connectivity index (χ1) is 12.5. The summed E-state index contributed by atoms with van der Waals surface area (Å²) in [6.45, 7) is 6.38. The lowest BCUT2D eigenvalue weighted by Gasteiger charge is -2.28. The molecule has 10 nitrogen and oxygen atoms in total. The summed E-state index contributed by atoms with van der Waals surface area (Å²) in [7, 11) is 2.16. The number of nitrogens with two attached hydrogens (primary N) is 1. The molecule has 154 valence electrons. The Bertz CT molecular complexity index is 561. The first-order valence-corrected chi connectivity index (χ1v) is 8.48. The molecule has 0 saturated carbocycles. The van der Waals surface area contributed by atoms with E-state index in [1.165, 1.54) is 13.8 Å². The zero-order valence-electron chi connectivity index (χ0n) is 16.5. The van der Waals surface area contributed by atoms with E-state index in [4.69, 9.17) is 5.73 Å². The third-order valence-electron chi connectivity index (χ3n) is 3.97. The minimum Gasteiger partial charge on any atom is -0.468 e. The second-order valence-electron chi connectivity index (χ2n) is 6.65. The minimum atomic E-state index is -1.46. The van der Waals surface area contributed by atoms with Crippen molar-refractivity contribution in [3.63, 3.8) is 0 Å². The zero-order chi connectivity index (χ0) is 21.3. The van der Waals surface area contributed by atoms with E-state index in [9.17, 15) is 24.0 Å². The Hall–Kier alpha value is -2.65. The van der Waals surface area contributed by atoms with Crippen molar-refractivity contribution < 1.29 is 33.4 Å². The molecule has 0 spiro atoms. The zero-order valence-corrected chi connectivity index (χ0v) is 16.5. The molecule has 27 heavy (non-hydrogen) atoms. The van der Waals surface area contributed by atoms with Crippen LogP contribution in [-0.2, 0) is 33.4 Å². The maximum atomic E-state index is 12.6. The number of ether oxygens (including phenoxy) is 2. The molecule has 0 aromatic heterocycles. The highest BCUT2D eigenvalue weighted by atomic mass is 16.5. The number of hydrogen-bond acceptors (Lipinski definition) is 7. The van der Waals surface area contributed by atoms with Gasteiger partial charge in [0.25, 0.3) is 0 Å². The molecule has 0 saturated heterocycles. The highest BCUT2D eigenvalue weighted by Gasteiger charge is 2.41. The van der Waals surface area contributed by atoms with Gasteiger partial charge in [0.2, 0.25) is 17.7 Å². The second-order valence-corrected chi connectivity index (χ2v) is 6.65. The Balaban J connectivity index is 5.59. The van der Waals surface area contributed by atoms with E-state index in [0.717, 1.165) is 14.2 Å². The van der Waals surface area contributed by atoms with Gasteiger partial charge in [-0.2, -0.15) is 0 Å². The smallest absolute Gasteiger partial charge is 0.320 e. The molecule has 0 rings (SSSR count). The number of carbonyl (C=O) groups is 5. The van der Waals surface area contributed by atoms with Gasteiger partial charge in [-0.25, -0.2) is 0 Å². The van der Waals surface area contributed by atoms with Crippen LogP contribution in [0.2, 0.25) is 0 Å². The number of primary amides is 1. The van der Waals surface area contributed by atoms with Gasteiger partial charge in [0.05, 0.1) is 14.2 Å². The molecule has 0 radical (unpaired) electrons. The molecular formula is C17H29N3O7. The van der Waals surface area contributed by atoms with Crippen LogP contribution in [0.4, 0.5) is 0 Å². The number of methoxy groups -OCH3 is 2. The summed E-state index contributed by atoms with van der Waals surface area (Å²) in [5, 5.41) is 4.93. The van der Waals surface area contributed by atoms with Crippen molar-refractivity contribution in [2.75, 3.05) is 14.2 Å². The number of esters is 2. The lowest BCUT2D eigenvalue weighted by Crippen LogP contribution is -2.57. The van der Waals surface area contributed by atoms with E-state index in [1.54, 1.807) is 0 Å². The number of hydrogen-bond donors (Lipinski definition) is 3. The molecule has 0 fully saturated rings. The molecule has 3 atom stereocenters. The van der Waals surface area contributed by atoms with Gasteiger partial charge in [-0.1, -0.05) is 20.8 Å². The maximum absolute atomic E-state index is 12.6. The first kappa shape index (κ1) is 24.4. The van der Waals surface area contributed by atoms with Crippen LogP contribution in [0.1, 0.15) is 34.1 Å². The Morgan fingerprint density at radius 3 is 1.74 bits per heavy atom. The molecule has 10 heteroatoms. The fourth-order valence-electron chi connectivity index (χ4n) is 2.64. The number of nitrogens with one attached hydrogen (secondary N) is 2. The summed E-state index contributed by atoms with van der Waals surface area (Å²) in [5.41, 5.74) is 5.36. The van der Waals surface area contributed by atoms with Crippen LogP contribution < -0.4 is 16.4 Å². The fraction of sp³-hybridized carbons (Fsp3) is 0.706. The Morgan fingerprint density at radius 2 is 1.41 bits per heavy atom.